The minimum atomic E-state index is -4.02. The summed E-state index contributed by atoms with van der Waals surface area (Å²) < 4.78 is 73.1. The standard InChI is InChI=1S/C29H32O13.C14H15O4P/c1-11-36-9-20-27(40-11)24(31)25(32)29(41-20)42-26-14-7-17-16(38-10-39-17)6-13(14)21(22-15(26)8-37-28(22)33)12-4-18(34-2)23(30)19(5-12)35-3;15-19(16,17-11-13-7-3-1-4-8-13)18-12-14-9-5-2-6-10-14/h4-7,11,15,20-22,24-27,29-32H,8-10H2,1-3H3;1-10H,11-12H2,(H,15,16)/t11-,15?,20-,21-,22+,24-,25-,26?,27-,29+;/m1./s1. The van der Waals surface area contributed by atoms with Crippen molar-refractivity contribution >= 4 is 13.8 Å². The molecule has 4 heterocycles. The van der Waals surface area contributed by atoms with Gasteiger partial charge in [-0.25, -0.2) is 4.57 Å². The molecule has 1 aliphatic carbocycles. The van der Waals surface area contributed by atoms with Crippen LogP contribution in [0.4, 0.5) is 0 Å². The highest BCUT2D eigenvalue weighted by Gasteiger charge is 2.56. The zero-order chi connectivity index (χ0) is 42.8. The van der Waals surface area contributed by atoms with Crippen LogP contribution in [0.25, 0.3) is 0 Å². The predicted molar refractivity (Wildman–Crippen MR) is 211 cm³/mol. The third-order valence-corrected chi connectivity index (χ3v) is 12.1. The van der Waals surface area contributed by atoms with E-state index < -0.39 is 74.6 Å². The van der Waals surface area contributed by atoms with E-state index in [0.29, 0.717) is 28.2 Å². The number of ether oxygens (including phenoxy) is 9. The van der Waals surface area contributed by atoms with Crippen LogP contribution in [0.15, 0.2) is 84.9 Å². The number of aliphatic hydroxyl groups is 2. The van der Waals surface area contributed by atoms with Crippen molar-refractivity contribution in [2.45, 2.75) is 69.2 Å². The Morgan fingerprint density at radius 1 is 0.770 bits per heavy atom. The van der Waals surface area contributed by atoms with E-state index >= 15 is 0 Å². The van der Waals surface area contributed by atoms with Crippen molar-refractivity contribution in [2.24, 2.45) is 11.8 Å². The van der Waals surface area contributed by atoms with Crippen LogP contribution in [0.1, 0.15) is 46.8 Å². The van der Waals surface area contributed by atoms with Gasteiger partial charge in [-0.05, 0) is 59.0 Å². The number of aliphatic hydroxyl groups excluding tert-OH is 2. The second-order valence-corrected chi connectivity index (χ2v) is 16.4. The van der Waals surface area contributed by atoms with Gasteiger partial charge in [0.25, 0.3) is 0 Å². The van der Waals surface area contributed by atoms with E-state index in [2.05, 4.69) is 0 Å². The molecule has 0 bridgehead atoms. The number of phenolic OH excluding ortho intramolecular Hbond substituents is 1. The van der Waals surface area contributed by atoms with Crippen LogP contribution in [-0.2, 0) is 55.3 Å². The quantitative estimate of drug-likeness (QED) is 0.117. The molecule has 3 fully saturated rings. The van der Waals surface area contributed by atoms with Gasteiger partial charge in [0, 0.05) is 11.8 Å². The third kappa shape index (κ3) is 9.08. The van der Waals surface area contributed by atoms with Crippen molar-refractivity contribution in [3.63, 3.8) is 0 Å². The van der Waals surface area contributed by atoms with Gasteiger partial charge in [0.05, 0.1) is 52.7 Å². The maximum absolute atomic E-state index is 13.4. The number of methoxy groups -OCH3 is 2. The molecule has 326 valence electrons. The van der Waals surface area contributed by atoms with Gasteiger partial charge in [-0.3, -0.25) is 13.8 Å². The van der Waals surface area contributed by atoms with Crippen molar-refractivity contribution < 1.29 is 81.3 Å². The Balaban J connectivity index is 0.000000227. The van der Waals surface area contributed by atoms with Gasteiger partial charge in [0.1, 0.15) is 24.4 Å². The molecule has 4 N–H and O–H groups in total. The number of hydrogen-bond donors (Lipinski definition) is 4. The van der Waals surface area contributed by atoms with Gasteiger partial charge >= 0.3 is 13.8 Å². The lowest BCUT2D eigenvalue weighted by Crippen LogP contribution is -2.63. The highest BCUT2D eigenvalue weighted by atomic mass is 31.2. The number of aromatic hydroxyl groups is 1. The smallest absolute Gasteiger partial charge is 0.472 e. The van der Waals surface area contributed by atoms with Crippen molar-refractivity contribution in [1.29, 1.82) is 0 Å². The molecule has 0 saturated carbocycles. The molecule has 61 heavy (non-hydrogen) atoms. The van der Waals surface area contributed by atoms with E-state index in [-0.39, 0.29) is 50.5 Å². The number of esters is 1. The molecule has 10 atom stereocenters. The first-order valence-electron chi connectivity index (χ1n) is 19.6. The van der Waals surface area contributed by atoms with E-state index in [1.54, 1.807) is 31.2 Å². The molecule has 0 amide bonds. The fraction of sp³-hybridized carbons (Fsp3) is 0.419. The first-order chi connectivity index (χ1) is 29.4. The number of fused-ring (bicyclic) bond motifs is 4. The molecule has 5 aliphatic rings. The molecule has 3 saturated heterocycles. The molecule has 0 aromatic heterocycles. The molecule has 4 aromatic rings. The largest absolute Gasteiger partial charge is 0.502 e. The number of carbonyl (C=O) groups excluding carboxylic acids is 1. The summed E-state index contributed by atoms with van der Waals surface area (Å²) >= 11 is 0. The first-order valence-corrected chi connectivity index (χ1v) is 21.1. The molecule has 2 unspecified atom stereocenters. The molecule has 9 rings (SSSR count). The van der Waals surface area contributed by atoms with Gasteiger partial charge in [-0.2, -0.15) is 0 Å². The van der Waals surface area contributed by atoms with Crippen LogP contribution in [0.2, 0.25) is 0 Å². The Labute approximate surface area is 351 Å². The minimum absolute atomic E-state index is 0.0301. The van der Waals surface area contributed by atoms with Gasteiger partial charge < -0.3 is 62.8 Å². The monoisotopic (exact) mass is 866 g/mol. The number of rotatable bonds is 11. The van der Waals surface area contributed by atoms with Gasteiger partial charge in [0.2, 0.25) is 12.5 Å². The minimum Gasteiger partial charge on any atom is -0.502 e. The highest BCUT2D eigenvalue weighted by Crippen LogP contribution is 2.57. The number of hydrogen-bond acceptors (Lipinski definition) is 16. The Morgan fingerprint density at radius 3 is 1.95 bits per heavy atom. The van der Waals surface area contributed by atoms with Crippen molar-refractivity contribution in [2.75, 3.05) is 34.2 Å². The average molecular weight is 867 g/mol. The Kier molecular flexibility index (Phi) is 12.9. The van der Waals surface area contributed by atoms with E-state index in [9.17, 15) is 29.6 Å². The van der Waals surface area contributed by atoms with Crippen molar-refractivity contribution in [3.05, 3.63) is 113 Å². The zero-order valence-electron chi connectivity index (χ0n) is 33.4. The molecule has 4 aromatic carbocycles. The van der Waals surface area contributed by atoms with Gasteiger partial charge in [-0.1, -0.05) is 60.7 Å². The molecule has 17 nitrogen and oxygen atoms in total. The second kappa shape index (κ2) is 18.3. The summed E-state index contributed by atoms with van der Waals surface area (Å²) in [5.74, 6) is -1.02. The van der Waals surface area contributed by atoms with Crippen LogP contribution < -0.4 is 18.9 Å². The second-order valence-electron chi connectivity index (χ2n) is 15.0. The lowest BCUT2D eigenvalue weighted by molar-refractivity contribution is -0.364. The fourth-order valence-corrected chi connectivity index (χ4v) is 8.93. The topological polar surface area (TPSA) is 217 Å². The van der Waals surface area contributed by atoms with Crippen molar-refractivity contribution in [3.8, 4) is 28.7 Å². The van der Waals surface area contributed by atoms with Crippen LogP contribution >= 0.6 is 7.82 Å². The van der Waals surface area contributed by atoms with Crippen LogP contribution in [0.3, 0.4) is 0 Å². The summed E-state index contributed by atoms with van der Waals surface area (Å²) in [7, 11) is -1.16. The molecular formula is C43H47O17P. The lowest BCUT2D eigenvalue weighted by atomic mass is 9.66. The number of carbonyl (C=O) groups is 1. The number of cyclic esters (lactones) is 1. The third-order valence-electron chi connectivity index (χ3n) is 11.2. The molecule has 0 radical (unpaired) electrons. The van der Waals surface area contributed by atoms with Gasteiger partial charge in [0.15, 0.2) is 35.6 Å². The van der Waals surface area contributed by atoms with Crippen LogP contribution in [0.5, 0.6) is 28.7 Å². The zero-order valence-corrected chi connectivity index (χ0v) is 34.3. The number of benzene rings is 4. The Morgan fingerprint density at radius 2 is 1.36 bits per heavy atom. The maximum Gasteiger partial charge on any atom is 0.472 e. The van der Waals surface area contributed by atoms with Crippen LogP contribution in [-0.4, -0.2) is 97.4 Å². The lowest BCUT2D eigenvalue weighted by Gasteiger charge is -2.47. The predicted octanol–water partition coefficient (Wildman–Crippen LogP) is 4.86. The number of phenols is 1. The number of phosphoric acid groups is 1. The summed E-state index contributed by atoms with van der Waals surface area (Å²) in [6.07, 6.45) is -6.80. The van der Waals surface area contributed by atoms with E-state index in [4.69, 9.17) is 51.7 Å². The van der Waals surface area contributed by atoms with E-state index in [1.807, 2.05) is 60.7 Å². The van der Waals surface area contributed by atoms with E-state index in [1.165, 1.54) is 14.2 Å². The normalized spacial score (nSPS) is 28.7. The summed E-state index contributed by atoms with van der Waals surface area (Å²) in [5.41, 5.74) is 3.65. The summed E-state index contributed by atoms with van der Waals surface area (Å²) in [4.78, 5) is 22.9. The van der Waals surface area contributed by atoms with Crippen molar-refractivity contribution in [1.82, 2.24) is 0 Å². The Bertz CT molecular complexity index is 2130. The first kappa shape index (κ1) is 42.9. The SMILES string of the molecule is COc1cc([C@@H]2c3cc4c(cc3C(O[C@@H]3O[C@@H]5CO[C@@H](C)O[C@H]5[C@H](O)[C@H]3O)C3COC(=O)[C@@H]32)OCO4)cc(OC)c1O.O=P(O)(OCc1ccccc1)OCc1ccccc1. The molecule has 18 heteroatoms. The van der Waals surface area contributed by atoms with Crippen LogP contribution in [0, 0.1) is 11.8 Å². The summed E-state index contributed by atoms with van der Waals surface area (Å²) in [6.45, 7) is 2.02. The molecular weight excluding hydrogens is 819 g/mol. The fourth-order valence-electron chi connectivity index (χ4n) is 8.23. The van der Waals surface area contributed by atoms with E-state index in [0.717, 1.165) is 11.1 Å². The summed E-state index contributed by atoms with van der Waals surface area (Å²) in [5, 5.41) is 32.5. The highest BCUT2D eigenvalue weighted by molar-refractivity contribution is 7.47. The number of phosphoric ester groups is 1. The summed E-state index contributed by atoms with van der Waals surface area (Å²) in [6, 6.07) is 25.3. The molecule has 0 spiro atoms. The maximum atomic E-state index is 13.4. The van der Waals surface area contributed by atoms with Gasteiger partial charge in [-0.15, -0.1) is 0 Å². The Hall–Kier alpha value is -4.78. The average Bonchev–Trinajstić information content (AvgIpc) is 3.90. The molecule has 4 aliphatic heterocycles.